The van der Waals surface area contributed by atoms with E-state index in [0.29, 0.717) is 11.7 Å². The second-order valence-electron chi connectivity index (χ2n) is 4.53. The average molecular weight is 150 g/mol. The molecule has 11 heavy (non-hydrogen) atoms. The third-order valence-corrected chi connectivity index (χ3v) is 4.19. The van der Waals surface area contributed by atoms with E-state index in [0.717, 1.165) is 24.2 Å². The topological polar surface area (TPSA) is 17.1 Å². The second kappa shape index (κ2) is 1.88. The molecule has 0 radical (unpaired) electrons. The smallest absolute Gasteiger partial charge is 0.136 e. The van der Waals surface area contributed by atoms with E-state index in [1.54, 1.807) is 0 Å². The van der Waals surface area contributed by atoms with Gasteiger partial charge in [0.2, 0.25) is 0 Å². The highest BCUT2D eigenvalue weighted by Gasteiger charge is 2.52. The van der Waals surface area contributed by atoms with Crippen molar-refractivity contribution in [2.45, 2.75) is 32.1 Å². The fourth-order valence-corrected chi connectivity index (χ4v) is 3.80. The minimum absolute atomic E-state index is 0.521. The summed E-state index contributed by atoms with van der Waals surface area (Å²) in [5, 5.41) is 0. The maximum atomic E-state index is 11.4. The summed E-state index contributed by atoms with van der Waals surface area (Å²) in [5.41, 5.74) is 0. The van der Waals surface area contributed by atoms with Crippen LogP contribution in [0, 0.1) is 23.7 Å². The molecule has 3 saturated carbocycles. The summed E-state index contributed by atoms with van der Waals surface area (Å²) in [7, 11) is 0. The first kappa shape index (κ1) is 6.22. The molecule has 3 fully saturated rings. The molecule has 3 aliphatic rings. The Morgan fingerprint density at radius 1 is 1.00 bits per heavy atom. The largest absolute Gasteiger partial charge is 0.299 e. The Labute approximate surface area is 67.2 Å². The lowest BCUT2D eigenvalue weighted by molar-refractivity contribution is -0.121. The molecule has 3 aliphatic carbocycles. The van der Waals surface area contributed by atoms with Gasteiger partial charge in [0.15, 0.2) is 0 Å². The SMILES string of the molecule is O=C1C[C@@H]2CC[C@H]3CC[C@@H]1[C@@H]32. The van der Waals surface area contributed by atoms with Crippen molar-refractivity contribution in [3.63, 3.8) is 0 Å². The number of hydrogen-bond donors (Lipinski definition) is 0. The van der Waals surface area contributed by atoms with Gasteiger partial charge in [0.1, 0.15) is 5.78 Å². The van der Waals surface area contributed by atoms with Gasteiger partial charge in [-0.15, -0.1) is 0 Å². The number of rotatable bonds is 0. The van der Waals surface area contributed by atoms with E-state index in [1.807, 2.05) is 0 Å². The Bertz CT molecular complexity index is 209. The summed E-state index contributed by atoms with van der Waals surface area (Å²) in [5.74, 6) is 3.74. The monoisotopic (exact) mass is 150 g/mol. The lowest BCUT2D eigenvalue weighted by Crippen LogP contribution is -2.11. The van der Waals surface area contributed by atoms with E-state index in [4.69, 9.17) is 0 Å². The predicted molar refractivity (Wildman–Crippen MR) is 42.1 cm³/mol. The summed E-state index contributed by atoms with van der Waals surface area (Å²) in [4.78, 5) is 11.4. The van der Waals surface area contributed by atoms with Crippen molar-refractivity contribution in [3.8, 4) is 0 Å². The molecule has 60 valence electrons. The molecule has 0 spiro atoms. The summed E-state index contributed by atoms with van der Waals surface area (Å²) in [6, 6.07) is 0. The van der Waals surface area contributed by atoms with Crippen molar-refractivity contribution in [2.24, 2.45) is 23.7 Å². The van der Waals surface area contributed by atoms with Crippen LogP contribution in [-0.4, -0.2) is 5.78 Å². The number of carbonyl (C=O) groups is 1. The van der Waals surface area contributed by atoms with Crippen molar-refractivity contribution in [2.75, 3.05) is 0 Å². The van der Waals surface area contributed by atoms with E-state index in [-0.39, 0.29) is 0 Å². The predicted octanol–water partition coefficient (Wildman–Crippen LogP) is 2.01. The highest BCUT2D eigenvalue weighted by atomic mass is 16.1. The first-order chi connectivity index (χ1) is 5.36. The molecular formula is C10H14O. The molecule has 0 aromatic heterocycles. The third-order valence-electron chi connectivity index (χ3n) is 4.19. The number of hydrogen-bond acceptors (Lipinski definition) is 1. The van der Waals surface area contributed by atoms with E-state index in [2.05, 4.69) is 0 Å². The Hall–Kier alpha value is -0.330. The molecule has 0 unspecified atom stereocenters. The average Bonchev–Trinajstić information content (AvgIpc) is 2.53. The summed E-state index contributed by atoms with van der Waals surface area (Å²) in [6.45, 7) is 0. The molecular weight excluding hydrogens is 136 g/mol. The van der Waals surface area contributed by atoms with Crippen LogP contribution in [-0.2, 0) is 4.79 Å². The molecule has 1 heteroatoms. The lowest BCUT2D eigenvalue weighted by Gasteiger charge is -2.11. The minimum atomic E-state index is 0.521. The molecule has 3 rings (SSSR count). The zero-order valence-corrected chi connectivity index (χ0v) is 6.75. The van der Waals surface area contributed by atoms with Crippen LogP contribution in [0.5, 0.6) is 0 Å². The quantitative estimate of drug-likeness (QED) is 0.516. The Balaban J connectivity index is 1.99. The molecule has 0 aliphatic heterocycles. The maximum Gasteiger partial charge on any atom is 0.136 e. The van der Waals surface area contributed by atoms with Crippen LogP contribution < -0.4 is 0 Å². The van der Waals surface area contributed by atoms with Gasteiger partial charge in [0.05, 0.1) is 0 Å². The van der Waals surface area contributed by atoms with Gasteiger partial charge in [0, 0.05) is 12.3 Å². The zero-order chi connectivity index (χ0) is 7.42. The van der Waals surface area contributed by atoms with Gasteiger partial charge < -0.3 is 0 Å². The Morgan fingerprint density at radius 2 is 1.73 bits per heavy atom. The van der Waals surface area contributed by atoms with Crippen molar-refractivity contribution in [3.05, 3.63) is 0 Å². The van der Waals surface area contributed by atoms with E-state index < -0.39 is 0 Å². The normalized spacial score (nSPS) is 53.6. The minimum Gasteiger partial charge on any atom is -0.299 e. The van der Waals surface area contributed by atoms with Crippen LogP contribution in [0.3, 0.4) is 0 Å². The maximum absolute atomic E-state index is 11.4. The molecule has 4 atom stereocenters. The van der Waals surface area contributed by atoms with Crippen LogP contribution in [0.25, 0.3) is 0 Å². The first-order valence-corrected chi connectivity index (χ1v) is 4.89. The van der Waals surface area contributed by atoms with Crippen LogP contribution in [0.15, 0.2) is 0 Å². The lowest BCUT2D eigenvalue weighted by atomic mass is 9.92. The summed E-state index contributed by atoms with van der Waals surface area (Å²) < 4.78 is 0. The van der Waals surface area contributed by atoms with Crippen molar-refractivity contribution in [1.29, 1.82) is 0 Å². The number of Topliss-reactive ketones (excluding diaryl/α,β-unsaturated/α-hetero) is 1. The molecule has 0 N–H and O–H groups in total. The molecule has 0 aromatic rings. The first-order valence-electron chi connectivity index (χ1n) is 4.89. The summed E-state index contributed by atoms with van der Waals surface area (Å²) >= 11 is 0. The number of ketones is 1. The van der Waals surface area contributed by atoms with Gasteiger partial charge in [-0.05, 0) is 43.4 Å². The summed E-state index contributed by atoms with van der Waals surface area (Å²) in [6.07, 6.45) is 6.31. The van der Waals surface area contributed by atoms with E-state index in [1.165, 1.54) is 25.7 Å². The fraction of sp³-hybridized carbons (Fsp3) is 0.900. The fourth-order valence-electron chi connectivity index (χ4n) is 3.80. The van der Waals surface area contributed by atoms with Crippen LogP contribution in [0.2, 0.25) is 0 Å². The zero-order valence-electron chi connectivity index (χ0n) is 6.75. The van der Waals surface area contributed by atoms with Crippen LogP contribution >= 0.6 is 0 Å². The molecule has 0 saturated heterocycles. The highest BCUT2D eigenvalue weighted by molar-refractivity contribution is 5.84. The molecule has 1 nitrogen and oxygen atoms in total. The van der Waals surface area contributed by atoms with Gasteiger partial charge in [-0.1, -0.05) is 0 Å². The number of carbonyl (C=O) groups excluding carboxylic acids is 1. The van der Waals surface area contributed by atoms with Crippen molar-refractivity contribution < 1.29 is 4.79 Å². The van der Waals surface area contributed by atoms with E-state index in [9.17, 15) is 4.79 Å². The van der Waals surface area contributed by atoms with Crippen LogP contribution in [0.4, 0.5) is 0 Å². The van der Waals surface area contributed by atoms with Crippen molar-refractivity contribution in [1.82, 2.24) is 0 Å². The molecule has 0 heterocycles. The van der Waals surface area contributed by atoms with Gasteiger partial charge in [-0.3, -0.25) is 4.79 Å². The molecule has 0 amide bonds. The molecule has 0 aromatic carbocycles. The highest BCUT2D eigenvalue weighted by Crippen LogP contribution is 2.56. The van der Waals surface area contributed by atoms with Gasteiger partial charge in [-0.25, -0.2) is 0 Å². The second-order valence-corrected chi connectivity index (χ2v) is 4.53. The Morgan fingerprint density at radius 3 is 2.64 bits per heavy atom. The van der Waals surface area contributed by atoms with E-state index >= 15 is 0 Å². The van der Waals surface area contributed by atoms with Gasteiger partial charge >= 0.3 is 0 Å². The standard InChI is InChI=1S/C10H14O/c11-9-5-7-2-1-6-3-4-8(9)10(6)7/h6-8,10H,1-5H2/t6-,7-,8-,10-/m0/s1. The molecule has 0 bridgehead atoms. The third kappa shape index (κ3) is 0.646. The van der Waals surface area contributed by atoms with Crippen molar-refractivity contribution >= 4 is 5.78 Å². The van der Waals surface area contributed by atoms with Gasteiger partial charge in [0.25, 0.3) is 0 Å². The van der Waals surface area contributed by atoms with Crippen LogP contribution in [0.1, 0.15) is 32.1 Å². The van der Waals surface area contributed by atoms with Gasteiger partial charge in [-0.2, -0.15) is 0 Å². The Kier molecular flexibility index (Phi) is 1.06.